The fraction of sp³-hybridized carbons (Fsp3) is 0.733. The highest BCUT2D eigenvalue weighted by molar-refractivity contribution is 5.92. The number of amides is 3. The predicted octanol–water partition coefficient (Wildman–Crippen LogP) is -1.94. The number of carboxylic acid groups (broad SMARTS) is 1. The first-order valence-electron chi connectivity index (χ1n) is 8.01. The van der Waals surface area contributed by atoms with Gasteiger partial charge in [0.25, 0.3) is 0 Å². The van der Waals surface area contributed by atoms with Crippen molar-refractivity contribution in [3.8, 4) is 0 Å². The van der Waals surface area contributed by atoms with Crippen LogP contribution in [0.3, 0.4) is 0 Å². The minimum atomic E-state index is -1.55. The van der Waals surface area contributed by atoms with Crippen LogP contribution in [0.5, 0.6) is 0 Å². The van der Waals surface area contributed by atoms with Gasteiger partial charge in [0.2, 0.25) is 17.7 Å². The molecule has 10 nitrogen and oxygen atoms in total. The van der Waals surface area contributed by atoms with E-state index in [9.17, 15) is 24.3 Å². The summed E-state index contributed by atoms with van der Waals surface area (Å²) >= 11 is 0. The predicted molar refractivity (Wildman–Crippen MR) is 89.0 cm³/mol. The number of aliphatic carboxylic acids is 1. The molecule has 3 amide bonds. The van der Waals surface area contributed by atoms with Gasteiger partial charge in [0.05, 0.1) is 12.1 Å². The summed E-state index contributed by atoms with van der Waals surface area (Å²) in [4.78, 5) is 46.4. The van der Waals surface area contributed by atoms with E-state index in [-0.39, 0.29) is 18.8 Å². The maximum atomic E-state index is 12.3. The highest BCUT2D eigenvalue weighted by atomic mass is 16.4. The van der Waals surface area contributed by atoms with E-state index in [1.807, 2.05) is 13.8 Å². The van der Waals surface area contributed by atoms with Gasteiger partial charge in [0, 0.05) is 6.42 Å². The SMILES string of the molecule is CC(C)C[C@H](N)C(=O)N[C@@H](CCC(N)=O)C(=O)N[C@H](C(=O)O)[C@@H](C)O. The summed E-state index contributed by atoms with van der Waals surface area (Å²) in [7, 11) is 0. The molecule has 0 saturated heterocycles. The van der Waals surface area contributed by atoms with Gasteiger partial charge in [-0.3, -0.25) is 14.4 Å². The van der Waals surface area contributed by atoms with Gasteiger partial charge in [-0.25, -0.2) is 4.79 Å². The average molecular weight is 360 g/mol. The molecule has 0 aliphatic rings. The molecule has 0 saturated carbocycles. The fourth-order valence-electron chi connectivity index (χ4n) is 2.09. The Kier molecular flexibility index (Phi) is 9.69. The molecule has 0 fully saturated rings. The maximum Gasteiger partial charge on any atom is 0.328 e. The summed E-state index contributed by atoms with van der Waals surface area (Å²) in [6.07, 6.45) is -1.27. The minimum absolute atomic E-state index is 0.118. The van der Waals surface area contributed by atoms with Gasteiger partial charge in [-0.05, 0) is 25.7 Å². The van der Waals surface area contributed by atoms with Crippen LogP contribution in [0.1, 0.15) is 40.0 Å². The Morgan fingerprint density at radius 2 is 1.60 bits per heavy atom. The zero-order chi connectivity index (χ0) is 19.7. The molecular formula is C15H28N4O6. The van der Waals surface area contributed by atoms with Crippen molar-refractivity contribution in [2.45, 2.75) is 64.3 Å². The van der Waals surface area contributed by atoms with Crippen molar-refractivity contribution >= 4 is 23.7 Å². The van der Waals surface area contributed by atoms with Crippen LogP contribution in [0, 0.1) is 5.92 Å². The van der Waals surface area contributed by atoms with Crippen LogP contribution in [-0.4, -0.2) is 58.1 Å². The molecule has 0 aromatic rings. The minimum Gasteiger partial charge on any atom is -0.480 e. The first-order valence-corrected chi connectivity index (χ1v) is 8.01. The largest absolute Gasteiger partial charge is 0.480 e. The Balaban J connectivity index is 5.07. The van der Waals surface area contributed by atoms with Gasteiger partial charge in [-0.2, -0.15) is 0 Å². The Morgan fingerprint density at radius 3 is 2.00 bits per heavy atom. The van der Waals surface area contributed by atoms with Crippen LogP contribution >= 0.6 is 0 Å². The topological polar surface area (TPSA) is 185 Å². The third kappa shape index (κ3) is 9.01. The van der Waals surface area contributed by atoms with E-state index in [1.54, 1.807) is 0 Å². The number of carboxylic acids is 1. The highest BCUT2D eigenvalue weighted by Gasteiger charge is 2.30. The second-order valence-corrected chi connectivity index (χ2v) is 6.37. The number of hydrogen-bond donors (Lipinski definition) is 6. The molecule has 8 N–H and O–H groups in total. The van der Waals surface area contributed by atoms with Gasteiger partial charge in [-0.1, -0.05) is 13.8 Å². The monoisotopic (exact) mass is 360 g/mol. The standard InChI is InChI=1S/C15H28N4O6/c1-7(2)6-9(16)13(22)18-10(4-5-11(17)21)14(23)19-12(8(3)20)15(24)25/h7-10,12,20H,4-6,16H2,1-3H3,(H2,17,21)(H,18,22)(H,19,23)(H,24,25)/t8-,9+,10+,12+/m1/s1. The second kappa shape index (κ2) is 10.6. The van der Waals surface area contributed by atoms with Crippen molar-refractivity contribution < 1.29 is 29.4 Å². The van der Waals surface area contributed by atoms with E-state index in [0.717, 1.165) is 0 Å². The molecule has 0 aromatic heterocycles. The third-order valence-electron chi connectivity index (χ3n) is 3.42. The van der Waals surface area contributed by atoms with E-state index in [4.69, 9.17) is 16.6 Å². The first-order chi connectivity index (χ1) is 11.5. The van der Waals surface area contributed by atoms with Crippen molar-refractivity contribution in [2.75, 3.05) is 0 Å². The zero-order valence-electron chi connectivity index (χ0n) is 14.7. The molecular weight excluding hydrogens is 332 g/mol. The number of carbonyl (C=O) groups is 4. The molecule has 0 heterocycles. The molecule has 0 aliphatic carbocycles. The van der Waals surface area contributed by atoms with Gasteiger partial charge in [-0.15, -0.1) is 0 Å². The van der Waals surface area contributed by atoms with Crippen LogP contribution < -0.4 is 22.1 Å². The van der Waals surface area contributed by atoms with E-state index in [0.29, 0.717) is 6.42 Å². The van der Waals surface area contributed by atoms with Gasteiger partial charge < -0.3 is 32.3 Å². The molecule has 0 unspecified atom stereocenters. The molecule has 25 heavy (non-hydrogen) atoms. The van der Waals surface area contributed by atoms with Crippen molar-refractivity contribution in [1.29, 1.82) is 0 Å². The molecule has 4 atom stereocenters. The van der Waals surface area contributed by atoms with Gasteiger partial charge in [0.1, 0.15) is 6.04 Å². The normalized spacial score (nSPS) is 15.8. The lowest BCUT2D eigenvalue weighted by Gasteiger charge is -2.24. The lowest BCUT2D eigenvalue weighted by Crippen LogP contribution is -2.56. The number of rotatable bonds is 11. The molecule has 0 aromatic carbocycles. The van der Waals surface area contributed by atoms with Crippen LogP contribution in [0.15, 0.2) is 0 Å². The second-order valence-electron chi connectivity index (χ2n) is 6.37. The number of carbonyl (C=O) groups excluding carboxylic acids is 3. The van der Waals surface area contributed by atoms with E-state index in [2.05, 4.69) is 10.6 Å². The van der Waals surface area contributed by atoms with E-state index in [1.165, 1.54) is 6.92 Å². The Labute approximate surface area is 146 Å². The Morgan fingerprint density at radius 1 is 1.04 bits per heavy atom. The van der Waals surface area contributed by atoms with Crippen molar-refractivity contribution in [1.82, 2.24) is 10.6 Å². The van der Waals surface area contributed by atoms with E-state index < -0.39 is 47.9 Å². The molecule has 144 valence electrons. The lowest BCUT2D eigenvalue weighted by atomic mass is 10.0. The number of nitrogens with two attached hydrogens (primary N) is 2. The fourth-order valence-corrected chi connectivity index (χ4v) is 2.09. The number of nitrogens with one attached hydrogen (secondary N) is 2. The van der Waals surface area contributed by atoms with Crippen molar-refractivity contribution in [2.24, 2.45) is 17.4 Å². The summed E-state index contributed by atoms with van der Waals surface area (Å²) in [5, 5.41) is 23.0. The molecule has 0 aliphatic heterocycles. The maximum absolute atomic E-state index is 12.3. The summed E-state index contributed by atoms with van der Waals surface area (Å²) in [6, 6.07) is -3.60. The molecule has 0 rings (SSSR count). The van der Waals surface area contributed by atoms with Crippen LogP contribution in [0.4, 0.5) is 0 Å². The average Bonchev–Trinajstić information content (AvgIpc) is 2.46. The van der Waals surface area contributed by atoms with Crippen molar-refractivity contribution in [3.63, 3.8) is 0 Å². The lowest BCUT2D eigenvalue weighted by molar-refractivity contribution is -0.145. The number of hydrogen-bond acceptors (Lipinski definition) is 6. The van der Waals surface area contributed by atoms with Crippen LogP contribution in [-0.2, 0) is 19.2 Å². The van der Waals surface area contributed by atoms with E-state index >= 15 is 0 Å². The quantitative estimate of drug-likeness (QED) is 0.247. The van der Waals surface area contributed by atoms with Crippen molar-refractivity contribution in [3.05, 3.63) is 0 Å². The number of aliphatic hydroxyl groups is 1. The van der Waals surface area contributed by atoms with Gasteiger partial charge in [0.15, 0.2) is 6.04 Å². The number of aliphatic hydroxyl groups excluding tert-OH is 1. The first kappa shape index (κ1) is 22.8. The molecule has 10 heteroatoms. The smallest absolute Gasteiger partial charge is 0.328 e. The third-order valence-corrected chi connectivity index (χ3v) is 3.42. The van der Waals surface area contributed by atoms with Gasteiger partial charge >= 0.3 is 5.97 Å². The zero-order valence-corrected chi connectivity index (χ0v) is 14.7. The highest BCUT2D eigenvalue weighted by Crippen LogP contribution is 2.05. The summed E-state index contributed by atoms with van der Waals surface area (Å²) < 4.78 is 0. The summed E-state index contributed by atoms with van der Waals surface area (Å²) in [5.74, 6) is -3.39. The molecule has 0 bridgehead atoms. The van der Waals surface area contributed by atoms with Crippen LogP contribution in [0.2, 0.25) is 0 Å². The molecule has 0 radical (unpaired) electrons. The molecule has 0 spiro atoms. The summed E-state index contributed by atoms with van der Waals surface area (Å²) in [5.41, 5.74) is 10.8. The Hall–Kier alpha value is -2.20. The van der Waals surface area contributed by atoms with Crippen LogP contribution in [0.25, 0.3) is 0 Å². The summed E-state index contributed by atoms with van der Waals surface area (Å²) in [6.45, 7) is 4.96. The Bertz CT molecular complexity index is 494. The number of primary amides is 1.